The van der Waals surface area contributed by atoms with E-state index >= 15 is 0 Å². The molecule has 3 N–H and O–H groups in total. The molecule has 2 saturated heterocycles. The van der Waals surface area contributed by atoms with Gasteiger partial charge in [0.25, 0.3) is 5.88 Å². The van der Waals surface area contributed by atoms with Gasteiger partial charge in [0, 0.05) is 55.8 Å². The van der Waals surface area contributed by atoms with Crippen LogP contribution in [0.15, 0.2) is 48.8 Å². The predicted molar refractivity (Wildman–Crippen MR) is 127 cm³/mol. The van der Waals surface area contributed by atoms with Crippen molar-refractivity contribution in [1.29, 1.82) is 0 Å². The first-order valence-electron chi connectivity index (χ1n) is 11.9. The van der Waals surface area contributed by atoms with Crippen LogP contribution >= 0.6 is 0 Å². The summed E-state index contributed by atoms with van der Waals surface area (Å²) in [7, 11) is 0. The van der Waals surface area contributed by atoms with Crippen LogP contribution in [0.25, 0.3) is 10.9 Å². The van der Waals surface area contributed by atoms with E-state index in [1.54, 1.807) is 12.3 Å². The van der Waals surface area contributed by atoms with Crippen LogP contribution in [0, 0.1) is 5.82 Å². The van der Waals surface area contributed by atoms with Gasteiger partial charge in [-0.05, 0) is 29.8 Å². The fourth-order valence-electron chi connectivity index (χ4n) is 4.33. The third kappa shape index (κ3) is 8.78. The van der Waals surface area contributed by atoms with Gasteiger partial charge in [-0.1, -0.05) is 12.1 Å². The molecule has 16 heteroatoms. The van der Waals surface area contributed by atoms with Crippen LogP contribution in [-0.2, 0) is 20.9 Å². The van der Waals surface area contributed by atoms with E-state index in [2.05, 4.69) is 39.1 Å². The molecule has 1 unspecified atom stereocenters. The summed E-state index contributed by atoms with van der Waals surface area (Å²) in [5, 5.41) is 15.5. The molecule has 1 atom stereocenters. The van der Waals surface area contributed by atoms with Gasteiger partial charge in [0.1, 0.15) is 6.10 Å². The van der Waals surface area contributed by atoms with Gasteiger partial charge in [-0.2, -0.15) is 26.3 Å². The summed E-state index contributed by atoms with van der Waals surface area (Å²) < 4.78 is 89.2. The first kappa shape index (κ1) is 31.6. The number of hydrogen-bond acceptors (Lipinski definition) is 6. The summed E-state index contributed by atoms with van der Waals surface area (Å²) in [5.74, 6) is -5.83. The Labute approximate surface area is 227 Å². The van der Waals surface area contributed by atoms with Crippen molar-refractivity contribution in [2.75, 3.05) is 19.7 Å². The van der Waals surface area contributed by atoms with Crippen molar-refractivity contribution < 1.29 is 60.0 Å². The number of alkyl halides is 6. The summed E-state index contributed by atoms with van der Waals surface area (Å²) >= 11 is 0. The summed E-state index contributed by atoms with van der Waals surface area (Å²) in [6.45, 7) is 3.29. The summed E-state index contributed by atoms with van der Waals surface area (Å²) in [6.07, 6.45) is -5.15. The molecule has 2 aliphatic heterocycles. The van der Waals surface area contributed by atoms with Gasteiger partial charge in [0.05, 0.1) is 12.2 Å². The number of carbonyl (C=O) groups is 2. The summed E-state index contributed by atoms with van der Waals surface area (Å²) in [6, 6.07) is 11.4. The summed E-state index contributed by atoms with van der Waals surface area (Å²) in [4.78, 5) is 27.5. The molecule has 2 aliphatic rings. The van der Waals surface area contributed by atoms with E-state index in [1.807, 2.05) is 6.20 Å². The van der Waals surface area contributed by atoms with E-state index in [0.717, 1.165) is 32.5 Å². The highest BCUT2D eigenvalue weighted by Gasteiger charge is 2.48. The molecule has 3 aromatic rings. The molecule has 4 heterocycles. The zero-order valence-electron chi connectivity index (χ0n) is 21.0. The van der Waals surface area contributed by atoms with E-state index in [4.69, 9.17) is 29.3 Å². The number of nitrogens with zero attached hydrogens (tertiary/aromatic N) is 2. The average Bonchev–Trinajstić information content (AvgIpc) is 3.34. The molecule has 5 rings (SSSR count). The molecule has 41 heavy (non-hydrogen) atoms. The van der Waals surface area contributed by atoms with Gasteiger partial charge in [-0.3, -0.25) is 4.90 Å². The molecule has 9 nitrogen and oxygen atoms in total. The van der Waals surface area contributed by atoms with E-state index in [-0.39, 0.29) is 17.6 Å². The number of fused-ring (bicyclic) bond motifs is 1. The fraction of sp³-hybridized carbons (Fsp3) is 0.400. The van der Waals surface area contributed by atoms with E-state index < -0.39 is 30.1 Å². The van der Waals surface area contributed by atoms with Gasteiger partial charge < -0.3 is 24.7 Å². The van der Waals surface area contributed by atoms with Crippen LogP contribution in [0.3, 0.4) is 0 Å². The molecule has 2 aromatic heterocycles. The Bertz CT molecular complexity index is 1310. The van der Waals surface area contributed by atoms with E-state index in [9.17, 15) is 30.7 Å². The highest BCUT2D eigenvalue weighted by atomic mass is 19.4. The number of ether oxygens (including phenoxy) is 2. The molecule has 0 amide bonds. The quantitative estimate of drug-likeness (QED) is 0.368. The summed E-state index contributed by atoms with van der Waals surface area (Å²) in [5.41, 5.74) is 2.31. The molecule has 1 aromatic carbocycles. The standard InChI is InChI=1S/C21H22FN3O2.2C2HF3O2/c22-18-4-2-8-24-20(18)27-16-7-10-26-21(11-16)13-25(14-21)12-15-3-1-5-19-17(15)6-9-23-19;2*3-2(4,5)1(6)7/h1-6,8-9,16,23H,7,10-14H2;2*(H,6,7). The van der Waals surface area contributed by atoms with Gasteiger partial charge >= 0.3 is 24.3 Å². The molecule has 0 radical (unpaired) electrons. The molecule has 2 fully saturated rings. The number of carboxylic acids is 2. The number of carboxylic acid groups (broad SMARTS) is 2. The third-order valence-corrected chi connectivity index (χ3v) is 6.04. The number of nitrogens with one attached hydrogen (secondary N) is 1. The maximum absolute atomic E-state index is 13.8. The lowest BCUT2D eigenvalue weighted by Crippen LogP contribution is -2.65. The second-order valence-electron chi connectivity index (χ2n) is 9.16. The van der Waals surface area contributed by atoms with Crippen molar-refractivity contribution in [2.24, 2.45) is 0 Å². The number of hydrogen-bond donors (Lipinski definition) is 3. The molecule has 0 aliphatic carbocycles. The average molecular weight is 595 g/mol. The lowest BCUT2D eigenvalue weighted by Gasteiger charge is -2.53. The topological polar surface area (TPSA) is 125 Å². The maximum Gasteiger partial charge on any atom is 0.490 e. The number of likely N-dealkylation sites (tertiary alicyclic amines) is 1. The minimum atomic E-state index is -5.08. The first-order chi connectivity index (χ1) is 19.1. The van der Waals surface area contributed by atoms with Gasteiger partial charge in [0.2, 0.25) is 0 Å². The van der Waals surface area contributed by atoms with Crippen LogP contribution in [0.1, 0.15) is 18.4 Å². The largest absolute Gasteiger partial charge is 0.490 e. The fourth-order valence-corrected chi connectivity index (χ4v) is 4.33. The minimum absolute atomic E-state index is 0.0570. The number of aliphatic carboxylic acids is 2. The molecule has 224 valence electrons. The first-order valence-corrected chi connectivity index (χ1v) is 11.9. The van der Waals surface area contributed by atoms with Crippen molar-refractivity contribution in [3.05, 3.63) is 60.2 Å². The molecular weight excluding hydrogens is 571 g/mol. The zero-order valence-corrected chi connectivity index (χ0v) is 21.0. The Hall–Kier alpha value is -3.92. The Morgan fingerprint density at radius 2 is 1.68 bits per heavy atom. The molecule has 0 bridgehead atoms. The number of aromatic nitrogens is 2. The number of aromatic amines is 1. The SMILES string of the molecule is Fc1cccnc1OC1CCOC2(C1)CN(Cc1cccc3[nH]ccc13)C2.O=C(O)C(F)(F)F.O=C(O)C(F)(F)F. The number of rotatable bonds is 4. The van der Waals surface area contributed by atoms with Crippen LogP contribution in [0.2, 0.25) is 0 Å². The van der Waals surface area contributed by atoms with Crippen LogP contribution in [0.5, 0.6) is 5.88 Å². The van der Waals surface area contributed by atoms with Crippen molar-refractivity contribution in [3.8, 4) is 5.88 Å². The van der Waals surface area contributed by atoms with Crippen molar-refractivity contribution in [1.82, 2.24) is 14.9 Å². The smallest absolute Gasteiger partial charge is 0.475 e. The van der Waals surface area contributed by atoms with Crippen LogP contribution in [0.4, 0.5) is 30.7 Å². The normalized spacial score (nSPS) is 18.4. The number of pyridine rings is 1. The van der Waals surface area contributed by atoms with E-state index in [0.29, 0.717) is 6.61 Å². The zero-order chi connectivity index (χ0) is 30.4. The monoisotopic (exact) mass is 595 g/mol. The molecule has 1 spiro atoms. The van der Waals surface area contributed by atoms with Crippen molar-refractivity contribution in [3.63, 3.8) is 0 Å². The Kier molecular flexibility index (Phi) is 9.81. The highest BCUT2D eigenvalue weighted by Crippen LogP contribution is 2.37. The lowest BCUT2D eigenvalue weighted by atomic mass is 9.84. The van der Waals surface area contributed by atoms with Gasteiger partial charge in [0.15, 0.2) is 5.82 Å². The maximum atomic E-state index is 13.8. The Balaban J connectivity index is 0.000000276. The predicted octanol–water partition coefficient (Wildman–Crippen LogP) is 4.78. The minimum Gasteiger partial charge on any atom is -0.475 e. The van der Waals surface area contributed by atoms with Crippen molar-refractivity contribution in [2.45, 2.75) is 43.4 Å². The van der Waals surface area contributed by atoms with Crippen molar-refractivity contribution >= 4 is 22.8 Å². The molecule has 0 saturated carbocycles. The van der Waals surface area contributed by atoms with Crippen LogP contribution in [-0.4, -0.2) is 80.8 Å². The highest BCUT2D eigenvalue weighted by molar-refractivity contribution is 5.82. The van der Waals surface area contributed by atoms with E-state index in [1.165, 1.54) is 22.5 Å². The second kappa shape index (κ2) is 12.7. The van der Waals surface area contributed by atoms with Gasteiger partial charge in [-0.15, -0.1) is 0 Å². The number of benzene rings is 1. The Morgan fingerprint density at radius 3 is 2.27 bits per heavy atom. The number of halogens is 7. The molecular formula is C25H24F7N3O6. The number of H-pyrrole nitrogens is 1. The Morgan fingerprint density at radius 1 is 1.05 bits per heavy atom. The second-order valence-corrected chi connectivity index (χ2v) is 9.16. The third-order valence-electron chi connectivity index (χ3n) is 6.04. The van der Waals surface area contributed by atoms with Gasteiger partial charge in [-0.25, -0.2) is 19.0 Å². The van der Waals surface area contributed by atoms with Crippen LogP contribution < -0.4 is 4.74 Å². The lowest BCUT2D eigenvalue weighted by molar-refractivity contribution is -0.193.